The van der Waals surface area contributed by atoms with Crippen molar-refractivity contribution < 1.29 is 25.9 Å². The fraction of sp³-hybridized carbons (Fsp3) is 0.529. The zero-order valence-electron chi connectivity index (χ0n) is 16.3. The highest BCUT2D eigenvalue weighted by Gasteiger charge is 2.60. The topological polar surface area (TPSA) is 183 Å². The minimum Gasteiger partial charge on any atom is -0.454 e. The van der Waals surface area contributed by atoms with Gasteiger partial charge in [0, 0.05) is 0 Å². The molecule has 0 spiro atoms. The van der Waals surface area contributed by atoms with Gasteiger partial charge in [0.15, 0.2) is 11.6 Å². The number of fused-ring (bicyclic) bond motifs is 1. The van der Waals surface area contributed by atoms with Crippen LogP contribution >= 0.6 is 0 Å². The monoisotopic (exact) mass is 391 g/mol. The van der Waals surface area contributed by atoms with Gasteiger partial charge in [-0.05, 0) is 18.0 Å². The summed E-state index contributed by atoms with van der Waals surface area (Å²) in [6.45, 7) is 2.79. The number of carbonyl (C=O) groups is 1. The smallest absolute Gasteiger partial charge is 0.323 e. The number of nitrogens with one attached hydrogen (secondary N) is 2. The SMILES string of the molecule is [2H]c1cc([C@]2(C#N)O[C@H](CO)[C@@H](O)[C@H]2OC(=O)C(N)C(C)C)n2[nH]cnc(=N)c12. The van der Waals surface area contributed by atoms with Crippen LogP contribution in [0, 0.1) is 22.7 Å². The summed E-state index contributed by atoms with van der Waals surface area (Å²) in [6, 6.07) is 2.05. The van der Waals surface area contributed by atoms with E-state index in [-0.39, 0.29) is 28.7 Å². The first-order valence-corrected chi connectivity index (χ1v) is 8.62. The van der Waals surface area contributed by atoms with Crippen molar-refractivity contribution in [2.24, 2.45) is 11.7 Å². The summed E-state index contributed by atoms with van der Waals surface area (Å²) in [7, 11) is 0. The Balaban J connectivity index is 2.17. The molecule has 0 amide bonds. The lowest BCUT2D eigenvalue weighted by atomic mass is 9.92. The maximum absolute atomic E-state index is 12.5. The average molecular weight is 391 g/mol. The molecule has 28 heavy (non-hydrogen) atoms. The fourth-order valence-corrected chi connectivity index (χ4v) is 3.12. The second kappa shape index (κ2) is 7.33. The van der Waals surface area contributed by atoms with E-state index in [0.717, 1.165) is 0 Å². The van der Waals surface area contributed by atoms with E-state index in [2.05, 4.69) is 10.1 Å². The number of carbonyl (C=O) groups excluding carboxylic acids is 1. The van der Waals surface area contributed by atoms with Gasteiger partial charge in [-0.1, -0.05) is 13.8 Å². The molecule has 0 saturated carbocycles. The summed E-state index contributed by atoms with van der Waals surface area (Å²) < 4.78 is 20.4. The summed E-state index contributed by atoms with van der Waals surface area (Å²) in [5.41, 5.74) is 3.62. The highest BCUT2D eigenvalue weighted by Crippen LogP contribution is 2.41. The summed E-state index contributed by atoms with van der Waals surface area (Å²) in [4.78, 5) is 16.2. The number of aromatic amines is 1. The number of hydrogen-bond acceptors (Lipinski definition) is 9. The molecule has 1 aliphatic heterocycles. The summed E-state index contributed by atoms with van der Waals surface area (Å²) in [6.07, 6.45) is -3.09. The van der Waals surface area contributed by atoms with Crippen LogP contribution in [-0.4, -0.2) is 61.7 Å². The first kappa shape index (κ1) is 18.6. The summed E-state index contributed by atoms with van der Waals surface area (Å²) in [5.74, 6) is -1.10. The average Bonchev–Trinajstić information content (AvgIpc) is 3.17. The van der Waals surface area contributed by atoms with Crippen molar-refractivity contribution in [3.63, 3.8) is 0 Å². The Morgan fingerprint density at radius 2 is 2.43 bits per heavy atom. The summed E-state index contributed by atoms with van der Waals surface area (Å²) in [5, 5.41) is 40.8. The third-order valence-electron chi connectivity index (χ3n) is 4.80. The number of H-pyrrole nitrogens is 1. The first-order chi connectivity index (χ1) is 13.7. The van der Waals surface area contributed by atoms with Crippen molar-refractivity contribution in [3.05, 3.63) is 29.6 Å². The molecule has 5 atom stereocenters. The number of esters is 1. The number of nitrogens with zero attached hydrogens (tertiary/aromatic N) is 3. The van der Waals surface area contributed by atoms with E-state index in [1.54, 1.807) is 13.8 Å². The number of aliphatic hydroxyl groups excluding tert-OH is 2. The van der Waals surface area contributed by atoms with Crippen LogP contribution in [0.4, 0.5) is 0 Å². The van der Waals surface area contributed by atoms with E-state index < -0.39 is 42.5 Å². The van der Waals surface area contributed by atoms with Crippen LogP contribution in [0.1, 0.15) is 20.9 Å². The van der Waals surface area contributed by atoms with E-state index in [4.69, 9.17) is 22.0 Å². The lowest BCUT2D eigenvalue weighted by Crippen LogP contribution is -2.48. The van der Waals surface area contributed by atoms with Gasteiger partial charge in [0.05, 0.1) is 13.7 Å². The molecule has 2 aromatic heterocycles. The number of ether oxygens (including phenoxy) is 2. The summed E-state index contributed by atoms with van der Waals surface area (Å²) >= 11 is 0. The molecule has 150 valence electrons. The van der Waals surface area contributed by atoms with E-state index in [1.165, 1.54) is 16.9 Å². The second-order valence-electron chi connectivity index (χ2n) is 6.90. The van der Waals surface area contributed by atoms with E-state index in [0.29, 0.717) is 0 Å². The number of aliphatic hydroxyl groups is 2. The molecule has 0 radical (unpaired) electrons. The van der Waals surface area contributed by atoms with Gasteiger partial charge in [-0.25, -0.2) is 4.98 Å². The fourth-order valence-electron chi connectivity index (χ4n) is 3.12. The number of hydrogen-bond donors (Lipinski definition) is 5. The first-order valence-electron chi connectivity index (χ1n) is 9.12. The predicted octanol–water partition coefficient (Wildman–Crippen LogP) is -1.49. The van der Waals surface area contributed by atoms with Crippen molar-refractivity contribution in [1.82, 2.24) is 14.6 Å². The Morgan fingerprint density at radius 3 is 3.04 bits per heavy atom. The van der Waals surface area contributed by atoms with E-state index in [9.17, 15) is 20.3 Å². The quantitative estimate of drug-likeness (QED) is 0.382. The Labute approximate surface area is 161 Å². The third-order valence-corrected chi connectivity index (χ3v) is 4.80. The van der Waals surface area contributed by atoms with Crippen LogP contribution in [0.3, 0.4) is 0 Å². The predicted molar refractivity (Wildman–Crippen MR) is 93.3 cm³/mol. The van der Waals surface area contributed by atoms with Crippen molar-refractivity contribution in [2.75, 3.05) is 6.61 Å². The molecule has 0 bridgehead atoms. The largest absolute Gasteiger partial charge is 0.454 e. The Bertz CT molecular complexity index is 1030. The van der Waals surface area contributed by atoms with Crippen LogP contribution in [0.25, 0.3) is 5.52 Å². The minimum absolute atomic E-state index is 0.0156. The molecule has 1 aliphatic rings. The molecule has 0 aromatic carbocycles. The number of aromatic nitrogens is 3. The maximum atomic E-state index is 12.5. The van der Waals surface area contributed by atoms with Crippen molar-refractivity contribution in [1.29, 1.82) is 10.7 Å². The molecular weight excluding hydrogens is 368 g/mol. The minimum atomic E-state index is -2.06. The van der Waals surface area contributed by atoms with Gasteiger partial charge < -0.3 is 25.4 Å². The van der Waals surface area contributed by atoms with E-state index >= 15 is 0 Å². The van der Waals surface area contributed by atoms with E-state index in [1.807, 2.05) is 6.07 Å². The molecule has 11 nitrogen and oxygen atoms in total. The van der Waals surface area contributed by atoms with Gasteiger partial charge in [-0.3, -0.25) is 19.8 Å². The van der Waals surface area contributed by atoms with Crippen molar-refractivity contribution in [2.45, 2.75) is 43.8 Å². The van der Waals surface area contributed by atoms with Gasteiger partial charge in [-0.15, -0.1) is 0 Å². The maximum Gasteiger partial charge on any atom is 0.323 e. The standard InChI is InChI=1S/C17H22N6O5/c1-8(2)12(19)16(26)27-14-13(25)10(5-24)28-17(14,6-18)11-4-3-9-15(20)21-7-22-23(9)11/h3-4,7-8,10,12-14,24-25H,5,19H2,1-2H3,(H2,20,21,22)/t10-,12?,13-,14-,17+/m1/s1/i3D. The zero-order valence-corrected chi connectivity index (χ0v) is 15.3. The molecule has 3 rings (SSSR count). The normalized spacial score (nSPS) is 28.9. The molecule has 1 unspecified atom stereocenters. The van der Waals surface area contributed by atoms with Crippen LogP contribution in [0.5, 0.6) is 0 Å². The van der Waals surface area contributed by atoms with Crippen molar-refractivity contribution in [3.8, 4) is 6.07 Å². The van der Waals surface area contributed by atoms with Crippen LogP contribution in [0.15, 0.2) is 18.4 Å². The van der Waals surface area contributed by atoms with Gasteiger partial charge in [0.1, 0.15) is 36.2 Å². The zero-order chi connectivity index (χ0) is 21.5. The third kappa shape index (κ3) is 2.96. The highest BCUT2D eigenvalue weighted by molar-refractivity contribution is 5.76. The number of nitriles is 1. The van der Waals surface area contributed by atoms with Gasteiger partial charge in [0.2, 0.25) is 5.60 Å². The number of nitrogens with two attached hydrogens (primary N) is 1. The molecular formula is C17H22N6O5. The molecule has 1 fully saturated rings. The van der Waals surface area contributed by atoms with Crippen LogP contribution in [0.2, 0.25) is 0 Å². The lowest BCUT2D eigenvalue weighted by molar-refractivity contribution is -0.162. The Hall–Kier alpha value is -2.78. The molecule has 0 aliphatic carbocycles. The molecule has 1 saturated heterocycles. The van der Waals surface area contributed by atoms with Crippen LogP contribution in [-0.2, 0) is 19.9 Å². The molecule has 2 aromatic rings. The van der Waals surface area contributed by atoms with Gasteiger partial charge in [0.25, 0.3) is 0 Å². The number of rotatable bonds is 5. The Morgan fingerprint density at radius 1 is 1.71 bits per heavy atom. The highest BCUT2D eigenvalue weighted by atomic mass is 16.6. The van der Waals surface area contributed by atoms with Gasteiger partial charge >= 0.3 is 5.97 Å². The van der Waals surface area contributed by atoms with Crippen LogP contribution < -0.4 is 11.2 Å². The van der Waals surface area contributed by atoms with Crippen molar-refractivity contribution >= 4 is 11.5 Å². The molecule has 3 heterocycles. The second-order valence-corrected chi connectivity index (χ2v) is 6.90. The Kier molecular flexibility index (Phi) is 4.86. The molecule has 11 heteroatoms. The lowest BCUT2D eigenvalue weighted by Gasteiger charge is -2.29. The van der Waals surface area contributed by atoms with Gasteiger partial charge in [-0.2, -0.15) is 5.26 Å². The molecule has 6 N–H and O–H groups in total.